The third-order valence-electron chi connectivity index (χ3n) is 15.7. The van der Waals surface area contributed by atoms with Gasteiger partial charge in [-0.1, -0.05) is 344 Å². The van der Waals surface area contributed by atoms with Gasteiger partial charge in [0.2, 0.25) is 0 Å². The minimum absolute atomic E-state index is 0.0929. The van der Waals surface area contributed by atoms with Crippen molar-refractivity contribution >= 4 is 17.9 Å². The van der Waals surface area contributed by atoms with E-state index in [1.165, 1.54) is 250 Å². The summed E-state index contributed by atoms with van der Waals surface area (Å²) in [5, 5.41) is 0. The standard InChI is InChI=1S/C75H134O6/c1-4-7-10-13-16-19-22-25-27-29-31-33-34-35-36-37-38-39-40-42-43-45-47-50-53-56-59-62-65-68-74(77)80-71-72(70-79-73(76)67-64-61-58-55-52-49-24-21-18-15-12-9-6-3)81-75(78)69-66-63-60-57-54-51-48-46-44-41-32-30-28-26-23-20-17-14-11-8-5-2/h9,12,18,21-22,25,29,31,49,52,58,61,72H,4-8,10-11,13-17,19-20,23-24,26-28,30,32-48,50-51,53-57,59-60,62-71H2,1-3H3/b12-9-,21-18-,25-22-,31-29-,52-49-,61-58-. The zero-order valence-electron chi connectivity index (χ0n) is 54.1. The van der Waals surface area contributed by atoms with Gasteiger partial charge in [0.1, 0.15) is 13.2 Å². The summed E-state index contributed by atoms with van der Waals surface area (Å²) in [6.07, 6.45) is 91.0. The number of unbranched alkanes of at least 4 members (excludes halogenated alkanes) is 42. The van der Waals surface area contributed by atoms with Gasteiger partial charge in [-0.2, -0.15) is 0 Å². The average Bonchev–Trinajstić information content (AvgIpc) is 3.46. The smallest absolute Gasteiger partial charge is 0.306 e. The SMILES string of the molecule is CC/C=C\C/C=C\C/C=C\C/C=C\CCC(=O)OCC(COC(=O)CCCCCCCCCCCCCCCCCCC/C=C\C/C=C\CCCCCCC)OC(=O)CCCCCCCCCCCCCCCCCCCCCCC. The Labute approximate surface area is 503 Å². The molecule has 0 bridgehead atoms. The van der Waals surface area contributed by atoms with Gasteiger partial charge in [0.15, 0.2) is 6.10 Å². The van der Waals surface area contributed by atoms with Crippen LogP contribution in [0, 0.1) is 0 Å². The molecule has 0 aliphatic rings. The molecule has 0 rings (SSSR count). The molecule has 1 atom stereocenters. The Kier molecular flexibility index (Phi) is 66.6. The van der Waals surface area contributed by atoms with Gasteiger partial charge in [-0.15, -0.1) is 0 Å². The van der Waals surface area contributed by atoms with Crippen LogP contribution in [-0.4, -0.2) is 37.2 Å². The highest BCUT2D eigenvalue weighted by atomic mass is 16.6. The predicted octanol–water partition coefficient (Wildman–Crippen LogP) is 24.4. The van der Waals surface area contributed by atoms with Gasteiger partial charge < -0.3 is 14.2 Å². The number of hydrogen-bond donors (Lipinski definition) is 0. The van der Waals surface area contributed by atoms with Crippen LogP contribution in [0.1, 0.15) is 367 Å². The zero-order chi connectivity index (χ0) is 58.5. The lowest BCUT2D eigenvalue weighted by Gasteiger charge is -2.18. The molecule has 0 aromatic rings. The second-order valence-electron chi connectivity index (χ2n) is 23.8. The summed E-state index contributed by atoms with van der Waals surface area (Å²) in [4.78, 5) is 38.3. The molecule has 0 saturated heterocycles. The first-order valence-corrected chi connectivity index (χ1v) is 35.4. The highest BCUT2D eigenvalue weighted by molar-refractivity contribution is 5.71. The molecule has 0 radical (unpaired) electrons. The summed E-state index contributed by atoms with van der Waals surface area (Å²) in [5.74, 6) is -0.956. The summed E-state index contributed by atoms with van der Waals surface area (Å²) in [7, 11) is 0. The Morgan fingerprint density at radius 1 is 0.259 bits per heavy atom. The van der Waals surface area contributed by atoms with Crippen molar-refractivity contribution in [3.63, 3.8) is 0 Å². The van der Waals surface area contributed by atoms with E-state index in [1.807, 2.05) is 6.08 Å². The molecular weight excluding hydrogens is 997 g/mol. The summed E-state index contributed by atoms with van der Waals surface area (Å²) in [5.41, 5.74) is 0. The molecule has 0 aromatic carbocycles. The van der Waals surface area contributed by atoms with Crippen molar-refractivity contribution in [3.8, 4) is 0 Å². The average molecular weight is 1130 g/mol. The molecule has 0 heterocycles. The van der Waals surface area contributed by atoms with Crippen LogP contribution in [-0.2, 0) is 28.6 Å². The largest absolute Gasteiger partial charge is 0.462 e. The van der Waals surface area contributed by atoms with Crippen LogP contribution in [0.4, 0.5) is 0 Å². The Hall–Kier alpha value is -3.15. The van der Waals surface area contributed by atoms with Gasteiger partial charge in [0.05, 0.1) is 0 Å². The molecule has 0 N–H and O–H groups in total. The van der Waals surface area contributed by atoms with E-state index < -0.39 is 6.10 Å². The van der Waals surface area contributed by atoms with Gasteiger partial charge in [0, 0.05) is 19.3 Å². The van der Waals surface area contributed by atoms with Crippen LogP contribution in [0.2, 0.25) is 0 Å². The molecule has 81 heavy (non-hydrogen) atoms. The number of esters is 3. The lowest BCUT2D eigenvalue weighted by Crippen LogP contribution is -2.30. The molecule has 1 unspecified atom stereocenters. The number of hydrogen-bond acceptors (Lipinski definition) is 6. The van der Waals surface area contributed by atoms with Crippen LogP contribution in [0.25, 0.3) is 0 Å². The van der Waals surface area contributed by atoms with Crippen molar-refractivity contribution < 1.29 is 28.6 Å². The van der Waals surface area contributed by atoms with Crippen molar-refractivity contribution in [1.29, 1.82) is 0 Å². The lowest BCUT2D eigenvalue weighted by atomic mass is 10.0. The third-order valence-corrected chi connectivity index (χ3v) is 15.7. The number of carbonyl (C=O) groups is 3. The third kappa shape index (κ3) is 67.5. The highest BCUT2D eigenvalue weighted by Gasteiger charge is 2.19. The minimum Gasteiger partial charge on any atom is -0.462 e. The van der Waals surface area contributed by atoms with Crippen molar-refractivity contribution in [1.82, 2.24) is 0 Å². The van der Waals surface area contributed by atoms with Crippen LogP contribution in [0.3, 0.4) is 0 Å². The Balaban J connectivity index is 4.23. The number of allylic oxidation sites excluding steroid dienone is 12. The first-order valence-electron chi connectivity index (χ1n) is 35.4. The monoisotopic (exact) mass is 1130 g/mol. The van der Waals surface area contributed by atoms with E-state index in [-0.39, 0.29) is 37.5 Å². The van der Waals surface area contributed by atoms with Crippen molar-refractivity contribution in [2.24, 2.45) is 0 Å². The van der Waals surface area contributed by atoms with Crippen LogP contribution in [0.15, 0.2) is 72.9 Å². The molecular formula is C75H134O6. The number of rotatable bonds is 65. The zero-order valence-corrected chi connectivity index (χ0v) is 54.1. The van der Waals surface area contributed by atoms with E-state index in [0.29, 0.717) is 19.3 Å². The maximum Gasteiger partial charge on any atom is 0.306 e. The van der Waals surface area contributed by atoms with Gasteiger partial charge in [-0.3, -0.25) is 14.4 Å². The molecule has 0 saturated carbocycles. The maximum absolute atomic E-state index is 12.9. The van der Waals surface area contributed by atoms with Crippen LogP contribution in [0.5, 0.6) is 0 Å². The predicted molar refractivity (Wildman–Crippen MR) is 353 cm³/mol. The molecule has 0 fully saturated rings. The van der Waals surface area contributed by atoms with E-state index in [2.05, 4.69) is 87.6 Å². The summed E-state index contributed by atoms with van der Waals surface area (Å²) < 4.78 is 16.9. The van der Waals surface area contributed by atoms with E-state index in [0.717, 1.165) is 70.6 Å². The minimum atomic E-state index is -0.803. The van der Waals surface area contributed by atoms with Crippen LogP contribution >= 0.6 is 0 Å². The molecule has 0 aliphatic heterocycles. The number of ether oxygens (including phenoxy) is 3. The first kappa shape index (κ1) is 77.9. The van der Waals surface area contributed by atoms with E-state index in [9.17, 15) is 14.4 Å². The molecule has 470 valence electrons. The van der Waals surface area contributed by atoms with Gasteiger partial charge >= 0.3 is 17.9 Å². The van der Waals surface area contributed by atoms with Crippen molar-refractivity contribution in [3.05, 3.63) is 72.9 Å². The Morgan fingerprint density at radius 2 is 0.506 bits per heavy atom. The number of carbonyl (C=O) groups excluding carboxylic acids is 3. The Morgan fingerprint density at radius 3 is 0.827 bits per heavy atom. The second-order valence-corrected chi connectivity index (χ2v) is 23.8. The fraction of sp³-hybridized carbons (Fsp3) is 0.800. The molecule has 0 spiro atoms. The highest BCUT2D eigenvalue weighted by Crippen LogP contribution is 2.18. The molecule has 0 aromatic heterocycles. The van der Waals surface area contributed by atoms with E-state index in [4.69, 9.17) is 14.2 Å². The van der Waals surface area contributed by atoms with Crippen molar-refractivity contribution in [2.75, 3.05) is 13.2 Å². The second kappa shape index (κ2) is 69.3. The summed E-state index contributed by atoms with van der Waals surface area (Å²) in [6.45, 7) is 6.51. The van der Waals surface area contributed by atoms with Crippen LogP contribution < -0.4 is 0 Å². The summed E-state index contributed by atoms with van der Waals surface area (Å²) >= 11 is 0. The maximum atomic E-state index is 12.9. The normalized spacial score (nSPS) is 12.5. The topological polar surface area (TPSA) is 78.9 Å². The quantitative estimate of drug-likeness (QED) is 0.0261. The van der Waals surface area contributed by atoms with Gasteiger partial charge in [-0.25, -0.2) is 0 Å². The van der Waals surface area contributed by atoms with Gasteiger partial charge in [0.25, 0.3) is 0 Å². The fourth-order valence-corrected chi connectivity index (χ4v) is 10.4. The molecule has 0 aliphatic carbocycles. The summed E-state index contributed by atoms with van der Waals surface area (Å²) in [6, 6.07) is 0. The first-order chi connectivity index (χ1) is 40.0. The molecule has 6 heteroatoms. The van der Waals surface area contributed by atoms with Crippen molar-refractivity contribution in [2.45, 2.75) is 374 Å². The fourth-order valence-electron chi connectivity index (χ4n) is 10.4. The van der Waals surface area contributed by atoms with E-state index in [1.54, 1.807) is 0 Å². The van der Waals surface area contributed by atoms with E-state index >= 15 is 0 Å². The molecule has 6 nitrogen and oxygen atoms in total. The lowest BCUT2D eigenvalue weighted by molar-refractivity contribution is -0.166. The van der Waals surface area contributed by atoms with Gasteiger partial charge in [-0.05, 0) is 77.0 Å². The molecule has 0 amide bonds. The Bertz CT molecular complexity index is 1490.